The minimum Gasteiger partial charge on any atom is -0.507 e. The number of hydrogen-bond acceptors (Lipinski definition) is 4. The molecule has 294 valence electrons. The van der Waals surface area contributed by atoms with Crippen LogP contribution in [0, 0.1) is 6.92 Å². The fourth-order valence-corrected chi connectivity index (χ4v) is 8.64. The van der Waals surface area contributed by atoms with Crippen molar-refractivity contribution in [2.75, 3.05) is 0 Å². The van der Waals surface area contributed by atoms with Crippen molar-refractivity contribution in [3.63, 3.8) is 0 Å². The third-order valence-electron chi connectivity index (χ3n) is 12.0. The molecule has 60 heavy (non-hydrogen) atoms. The molecule has 1 N–H and O–H groups in total. The van der Waals surface area contributed by atoms with E-state index in [0.717, 1.165) is 83.2 Å². The molecule has 7 aromatic carbocycles. The number of furan rings is 1. The van der Waals surface area contributed by atoms with E-state index in [1.165, 1.54) is 16.7 Å². The molecule has 0 aliphatic carbocycles. The first-order valence-electron chi connectivity index (χ1n) is 20.7. The lowest BCUT2D eigenvalue weighted by Crippen LogP contribution is -2.12. The lowest BCUT2D eigenvalue weighted by atomic mass is 9.83. The Morgan fingerprint density at radius 2 is 1.23 bits per heavy atom. The summed E-state index contributed by atoms with van der Waals surface area (Å²) in [6.07, 6.45) is 1.91. The van der Waals surface area contributed by atoms with Crippen molar-refractivity contribution >= 4 is 43.9 Å². The summed E-state index contributed by atoms with van der Waals surface area (Å²) in [7, 11) is 0. The molecular weight excluding hydrogens is 735 g/mol. The molecule has 3 aromatic heterocycles. The highest BCUT2D eigenvalue weighted by molar-refractivity contribution is 6.09. The highest BCUT2D eigenvalue weighted by atomic mass is 16.3. The number of aromatic nitrogens is 3. The van der Waals surface area contributed by atoms with E-state index in [2.05, 4.69) is 168 Å². The lowest BCUT2D eigenvalue weighted by Gasteiger charge is -2.23. The zero-order chi connectivity index (χ0) is 41.5. The zero-order valence-electron chi connectivity index (χ0n) is 35.1. The van der Waals surface area contributed by atoms with Gasteiger partial charge in [0, 0.05) is 56.2 Å². The normalized spacial score (nSPS) is 12.3. The minimum absolute atomic E-state index is 0.0579. The molecule has 3 heterocycles. The number of phenols is 1. The average molecular weight is 782 g/mol. The van der Waals surface area contributed by atoms with E-state index in [1.54, 1.807) is 6.07 Å². The summed E-state index contributed by atoms with van der Waals surface area (Å²) in [5, 5.41) is 14.8. The molecule has 5 nitrogen and oxygen atoms in total. The van der Waals surface area contributed by atoms with Crippen LogP contribution in [0.5, 0.6) is 5.75 Å². The molecule has 0 spiro atoms. The van der Waals surface area contributed by atoms with Crippen molar-refractivity contribution in [2.45, 2.75) is 59.3 Å². The fraction of sp³-hybridized carbons (Fsp3) is 0.164. The Hall–Kier alpha value is -6.98. The number of nitrogens with zero attached hydrogens (tertiary/aromatic N) is 3. The highest BCUT2D eigenvalue weighted by Gasteiger charge is 2.25. The van der Waals surface area contributed by atoms with E-state index in [1.807, 2.05) is 30.5 Å². The number of para-hydroxylation sites is 2. The largest absolute Gasteiger partial charge is 0.507 e. The molecule has 5 heteroatoms. The maximum absolute atomic E-state index is 11.7. The number of aryl methyl sites for hydroxylation is 1. The molecule has 0 fully saturated rings. The van der Waals surface area contributed by atoms with Crippen molar-refractivity contribution in [2.24, 2.45) is 0 Å². The molecule has 0 atom stereocenters. The van der Waals surface area contributed by atoms with Crippen LogP contribution in [0.1, 0.15) is 58.2 Å². The summed E-state index contributed by atoms with van der Waals surface area (Å²) < 4.78 is 8.47. The Balaban J connectivity index is 1.27. The summed E-state index contributed by atoms with van der Waals surface area (Å²) in [4.78, 5) is 10.5. The van der Waals surface area contributed by atoms with Gasteiger partial charge in [-0.1, -0.05) is 126 Å². The molecule has 0 unspecified atom stereocenters. The van der Waals surface area contributed by atoms with Crippen LogP contribution < -0.4 is 0 Å². The summed E-state index contributed by atoms with van der Waals surface area (Å²) in [5.41, 5.74) is 15.7. The van der Waals surface area contributed by atoms with Crippen LogP contribution in [0.25, 0.3) is 94.3 Å². The maximum atomic E-state index is 11.7. The second kappa shape index (κ2) is 13.8. The number of fused-ring (bicyclic) bond motifs is 5. The van der Waals surface area contributed by atoms with Gasteiger partial charge in [0.15, 0.2) is 0 Å². The second-order valence-electron chi connectivity index (χ2n) is 18.1. The van der Waals surface area contributed by atoms with E-state index in [9.17, 15) is 5.11 Å². The minimum atomic E-state index is -0.0619. The Labute approximate surface area is 350 Å². The summed E-state index contributed by atoms with van der Waals surface area (Å²) in [5.74, 6) is 0.940. The summed E-state index contributed by atoms with van der Waals surface area (Å²) in [6.45, 7) is 15.7. The molecule has 0 aliphatic heterocycles. The third-order valence-corrected chi connectivity index (χ3v) is 12.0. The average Bonchev–Trinajstić information content (AvgIpc) is 3.81. The highest BCUT2D eigenvalue weighted by Crippen LogP contribution is 2.44. The quantitative estimate of drug-likeness (QED) is 0.189. The van der Waals surface area contributed by atoms with E-state index in [-0.39, 0.29) is 16.6 Å². The fourth-order valence-electron chi connectivity index (χ4n) is 8.64. The first-order valence-corrected chi connectivity index (χ1v) is 20.7. The van der Waals surface area contributed by atoms with E-state index < -0.39 is 0 Å². The molecule has 0 saturated carbocycles. The third kappa shape index (κ3) is 6.24. The first-order chi connectivity index (χ1) is 28.8. The van der Waals surface area contributed by atoms with Gasteiger partial charge >= 0.3 is 0 Å². The Morgan fingerprint density at radius 1 is 0.517 bits per heavy atom. The molecule has 0 radical (unpaired) electrons. The number of imidazole rings is 1. The number of hydrogen-bond donors (Lipinski definition) is 1. The predicted molar refractivity (Wildman–Crippen MR) is 249 cm³/mol. The maximum Gasteiger partial charge on any atom is 0.145 e. The summed E-state index contributed by atoms with van der Waals surface area (Å²) in [6, 6.07) is 50.9. The number of pyridine rings is 1. The predicted octanol–water partition coefficient (Wildman–Crippen LogP) is 14.8. The smallest absolute Gasteiger partial charge is 0.145 e. The van der Waals surface area contributed by atoms with Crippen molar-refractivity contribution < 1.29 is 9.52 Å². The van der Waals surface area contributed by atoms with Gasteiger partial charge in [0.25, 0.3) is 0 Å². The van der Waals surface area contributed by atoms with Gasteiger partial charge in [-0.05, 0) is 100 Å². The summed E-state index contributed by atoms with van der Waals surface area (Å²) >= 11 is 0. The standard InChI is InChI=1S/C55H47N3O2/c1-33-25-26-56-51-41(33)29-38(55(5,6)7)30-43(51)35-17-13-18-36(27-35)53-57-52-40(44-31-45-39-19-11-12-22-49(39)60-50(45)32-48(44)59)20-14-21-47(52)58(53)46-24-23-37(54(2,3)4)28-42(46)34-15-9-8-10-16-34/h8-32,59H,1-7H3. The molecular formula is C55H47N3O2. The lowest BCUT2D eigenvalue weighted by molar-refractivity contribution is 0.477. The van der Waals surface area contributed by atoms with Gasteiger partial charge in [-0.3, -0.25) is 9.55 Å². The molecule has 0 saturated heterocycles. The van der Waals surface area contributed by atoms with Gasteiger partial charge in [0.1, 0.15) is 22.7 Å². The van der Waals surface area contributed by atoms with E-state index >= 15 is 0 Å². The van der Waals surface area contributed by atoms with Gasteiger partial charge < -0.3 is 9.52 Å². The van der Waals surface area contributed by atoms with Crippen molar-refractivity contribution in [3.8, 4) is 56.2 Å². The zero-order valence-corrected chi connectivity index (χ0v) is 35.1. The van der Waals surface area contributed by atoms with Gasteiger partial charge in [0.2, 0.25) is 0 Å². The monoisotopic (exact) mass is 781 g/mol. The van der Waals surface area contributed by atoms with Crippen LogP contribution in [-0.2, 0) is 10.8 Å². The second-order valence-corrected chi connectivity index (χ2v) is 18.1. The van der Waals surface area contributed by atoms with Crippen molar-refractivity contribution in [3.05, 3.63) is 168 Å². The SMILES string of the molecule is Cc1ccnc2c(-c3cccc(-c4nc5c(-c6cc7c(cc6O)oc6ccccc67)cccc5n4-c4ccc(C(C)(C)C)cc4-c4ccccc4)c3)cc(C(C)(C)C)cc12. The van der Waals surface area contributed by atoms with Gasteiger partial charge in [-0.25, -0.2) is 4.98 Å². The topological polar surface area (TPSA) is 64.1 Å². The number of rotatable bonds is 5. The Kier molecular flexibility index (Phi) is 8.59. The molecule has 0 aliphatic rings. The van der Waals surface area contributed by atoms with Crippen LogP contribution in [0.4, 0.5) is 0 Å². The molecule has 0 amide bonds. The van der Waals surface area contributed by atoms with Gasteiger partial charge in [-0.15, -0.1) is 0 Å². The van der Waals surface area contributed by atoms with Gasteiger partial charge in [0.05, 0.1) is 22.2 Å². The first kappa shape index (κ1) is 37.3. The van der Waals surface area contributed by atoms with Crippen molar-refractivity contribution in [1.29, 1.82) is 0 Å². The Morgan fingerprint density at radius 3 is 2.03 bits per heavy atom. The van der Waals surface area contributed by atoms with Crippen LogP contribution in [0.15, 0.2) is 156 Å². The number of benzene rings is 7. The Bertz CT molecular complexity index is 3300. The van der Waals surface area contributed by atoms with Crippen LogP contribution >= 0.6 is 0 Å². The molecule has 10 aromatic rings. The van der Waals surface area contributed by atoms with Gasteiger partial charge in [-0.2, -0.15) is 0 Å². The molecule has 10 rings (SSSR count). The van der Waals surface area contributed by atoms with E-state index in [4.69, 9.17) is 14.4 Å². The van der Waals surface area contributed by atoms with E-state index in [0.29, 0.717) is 11.1 Å². The number of aromatic hydroxyl groups is 1. The van der Waals surface area contributed by atoms with Crippen LogP contribution in [0.3, 0.4) is 0 Å². The van der Waals surface area contributed by atoms with Crippen LogP contribution in [0.2, 0.25) is 0 Å². The van der Waals surface area contributed by atoms with Crippen LogP contribution in [-0.4, -0.2) is 19.6 Å². The number of phenolic OH excluding ortho intramolecular Hbond substituents is 1. The molecule has 0 bridgehead atoms. The van der Waals surface area contributed by atoms with Crippen molar-refractivity contribution in [1.82, 2.24) is 14.5 Å².